The molecule has 1 aliphatic heterocycles. The number of rotatable bonds is 4. The number of benzene rings is 1. The Morgan fingerprint density at radius 3 is 2.50 bits per heavy atom. The Bertz CT molecular complexity index is 468. The molecule has 1 aromatic rings. The molecular weight excluding hydrogens is 250 g/mol. The van der Waals surface area contributed by atoms with Gasteiger partial charge in [0.25, 0.3) is 0 Å². The predicted octanol–water partition coefficient (Wildman–Crippen LogP) is 3.16. The number of cyclic esters (lactones) is 1. The monoisotopic (exact) mass is 265 g/mol. The van der Waals surface area contributed by atoms with Crippen molar-refractivity contribution >= 4 is 23.3 Å². The van der Waals surface area contributed by atoms with Gasteiger partial charge in [-0.25, -0.2) is 4.79 Å². The molecule has 1 heterocycles. The van der Waals surface area contributed by atoms with Crippen molar-refractivity contribution in [1.82, 2.24) is 0 Å². The number of para-hydroxylation sites is 1. The molecule has 0 saturated heterocycles. The van der Waals surface area contributed by atoms with E-state index in [1.807, 2.05) is 30.3 Å². The zero-order chi connectivity index (χ0) is 13.1. The molecule has 0 atom stereocenters. The predicted molar refractivity (Wildman–Crippen MR) is 72.5 cm³/mol. The molecule has 0 amide bonds. The highest BCUT2D eigenvalue weighted by atomic mass is 35.5. The van der Waals surface area contributed by atoms with Crippen LogP contribution in [0.1, 0.15) is 13.8 Å². The molecule has 96 valence electrons. The molecule has 3 nitrogen and oxygen atoms in total. The maximum Gasteiger partial charge on any atom is 0.352 e. The van der Waals surface area contributed by atoms with E-state index in [2.05, 4.69) is 18.7 Å². The zero-order valence-electron chi connectivity index (χ0n) is 10.5. The summed E-state index contributed by atoms with van der Waals surface area (Å²) >= 11 is 6.02. The fourth-order valence-corrected chi connectivity index (χ4v) is 2.13. The molecule has 0 radical (unpaired) electrons. The van der Waals surface area contributed by atoms with Gasteiger partial charge in [0.05, 0.1) is 5.70 Å². The van der Waals surface area contributed by atoms with Crippen molar-refractivity contribution in [3.63, 3.8) is 0 Å². The minimum absolute atomic E-state index is 0.194. The average Bonchev–Trinajstić information content (AvgIpc) is 2.68. The lowest BCUT2D eigenvalue weighted by Gasteiger charge is -2.27. The van der Waals surface area contributed by atoms with Crippen LogP contribution in [-0.4, -0.2) is 19.1 Å². The second-order valence-corrected chi connectivity index (χ2v) is 5.05. The molecule has 0 fully saturated rings. The first kappa shape index (κ1) is 13.0. The summed E-state index contributed by atoms with van der Waals surface area (Å²) in [7, 11) is 0. The van der Waals surface area contributed by atoms with E-state index in [0.717, 1.165) is 17.9 Å². The normalized spacial score (nSPS) is 15.2. The van der Waals surface area contributed by atoms with Gasteiger partial charge >= 0.3 is 5.97 Å². The minimum atomic E-state index is -0.434. The van der Waals surface area contributed by atoms with Crippen LogP contribution in [0.15, 0.2) is 41.1 Å². The summed E-state index contributed by atoms with van der Waals surface area (Å²) in [6.07, 6.45) is 0. The number of carbonyl (C=O) groups excluding carboxylic acids is 1. The number of halogens is 1. The summed E-state index contributed by atoms with van der Waals surface area (Å²) < 4.78 is 4.98. The van der Waals surface area contributed by atoms with Crippen LogP contribution >= 0.6 is 11.6 Å². The smallest absolute Gasteiger partial charge is 0.352 e. The van der Waals surface area contributed by atoms with Crippen molar-refractivity contribution in [2.24, 2.45) is 5.92 Å². The lowest BCUT2D eigenvalue weighted by molar-refractivity contribution is -0.135. The zero-order valence-corrected chi connectivity index (χ0v) is 11.3. The summed E-state index contributed by atoms with van der Waals surface area (Å²) in [5, 5.41) is 0.194. The molecule has 0 unspecified atom stereocenters. The van der Waals surface area contributed by atoms with Crippen LogP contribution in [-0.2, 0) is 9.53 Å². The summed E-state index contributed by atoms with van der Waals surface area (Å²) in [6, 6.07) is 9.90. The molecular formula is C14H16ClNO2. The summed E-state index contributed by atoms with van der Waals surface area (Å²) in [6.45, 7) is 5.30. The fraction of sp³-hybridized carbons (Fsp3) is 0.357. The molecule has 1 aliphatic rings. The van der Waals surface area contributed by atoms with Crippen LogP contribution in [0.2, 0.25) is 0 Å². The van der Waals surface area contributed by atoms with E-state index in [1.54, 1.807) is 0 Å². The number of hydrogen-bond donors (Lipinski definition) is 0. The first-order chi connectivity index (χ1) is 8.59. The van der Waals surface area contributed by atoms with Crippen LogP contribution < -0.4 is 4.90 Å². The highest BCUT2D eigenvalue weighted by Crippen LogP contribution is 2.28. The molecule has 0 N–H and O–H groups in total. The first-order valence-corrected chi connectivity index (χ1v) is 6.35. The highest BCUT2D eigenvalue weighted by molar-refractivity contribution is 6.42. The van der Waals surface area contributed by atoms with Gasteiger partial charge in [0.15, 0.2) is 0 Å². The quantitative estimate of drug-likeness (QED) is 0.784. The maximum atomic E-state index is 11.4. The van der Waals surface area contributed by atoms with Crippen LogP contribution in [0.4, 0.5) is 5.69 Å². The summed E-state index contributed by atoms with van der Waals surface area (Å²) in [4.78, 5) is 13.4. The Kier molecular flexibility index (Phi) is 3.92. The number of hydrogen-bond acceptors (Lipinski definition) is 3. The molecule has 0 spiro atoms. The van der Waals surface area contributed by atoms with Crippen LogP contribution in [0.5, 0.6) is 0 Å². The number of nitrogens with zero attached hydrogens (tertiary/aromatic N) is 1. The van der Waals surface area contributed by atoms with Crippen LogP contribution in [0.3, 0.4) is 0 Å². The van der Waals surface area contributed by atoms with Gasteiger partial charge in [-0.1, -0.05) is 43.6 Å². The molecule has 1 aromatic carbocycles. The van der Waals surface area contributed by atoms with E-state index >= 15 is 0 Å². The Morgan fingerprint density at radius 2 is 2.00 bits per heavy atom. The van der Waals surface area contributed by atoms with Crippen molar-refractivity contribution in [3.05, 3.63) is 41.1 Å². The summed E-state index contributed by atoms with van der Waals surface area (Å²) in [5.41, 5.74) is 1.78. The third-order valence-corrected chi connectivity index (χ3v) is 3.09. The van der Waals surface area contributed by atoms with Gasteiger partial charge in [-0.3, -0.25) is 0 Å². The number of carbonyl (C=O) groups is 1. The standard InChI is InChI=1S/C14H16ClNO2/c1-10(2)8-16(11-6-4-3-5-7-11)12-9-18-14(17)13(12)15/h3-7,10H,8-9H2,1-2H3. The number of anilines is 1. The van der Waals surface area contributed by atoms with Crippen molar-refractivity contribution in [1.29, 1.82) is 0 Å². The second kappa shape index (κ2) is 5.44. The van der Waals surface area contributed by atoms with Crippen LogP contribution in [0.25, 0.3) is 0 Å². The van der Waals surface area contributed by atoms with E-state index in [4.69, 9.17) is 16.3 Å². The van der Waals surface area contributed by atoms with Gasteiger partial charge in [-0.2, -0.15) is 0 Å². The molecule has 18 heavy (non-hydrogen) atoms. The maximum absolute atomic E-state index is 11.4. The number of esters is 1. The van der Waals surface area contributed by atoms with Gasteiger partial charge in [-0.05, 0) is 18.1 Å². The largest absolute Gasteiger partial charge is 0.455 e. The third kappa shape index (κ3) is 2.67. The first-order valence-electron chi connectivity index (χ1n) is 5.98. The van der Waals surface area contributed by atoms with E-state index < -0.39 is 5.97 Å². The van der Waals surface area contributed by atoms with Crippen LogP contribution in [0, 0.1) is 5.92 Å². The van der Waals surface area contributed by atoms with Gasteiger partial charge in [-0.15, -0.1) is 0 Å². The Labute approximate surface area is 112 Å². The molecule has 4 heteroatoms. The van der Waals surface area contributed by atoms with E-state index in [-0.39, 0.29) is 11.6 Å². The Morgan fingerprint density at radius 1 is 1.33 bits per heavy atom. The van der Waals surface area contributed by atoms with Crippen molar-refractivity contribution < 1.29 is 9.53 Å². The Hall–Kier alpha value is -1.48. The molecule has 0 bridgehead atoms. The minimum Gasteiger partial charge on any atom is -0.455 e. The van der Waals surface area contributed by atoms with Gasteiger partial charge in [0.2, 0.25) is 0 Å². The fourth-order valence-electron chi connectivity index (χ4n) is 1.92. The highest BCUT2D eigenvalue weighted by Gasteiger charge is 2.28. The van der Waals surface area contributed by atoms with E-state index in [9.17, 15) is 4.79 Å². The number of ether oxygens (including phenoxy) is 1. The molecule has 2 rings (SSSR count). The van der Waals surface area contributed by atoms with Crippen molar-refractivity contribution in [3.8, 4) is 0 Å². The van der Waals surface area contributed by atoms with Gasteiger partial charge < -0.3 is 9.64 Å². The summed E-state index contributed by atoms with van der Waals surface area (Å²) in [5.74, 6) is 0.0224. The lowest BCUT2D eigenvalue weighted by atomic mass is 10.1. The van der Waals surface area contributed by atoms with Gasteiger partial charge in [0.1, 0.15) is 11.6 Å². The van der Waals surface area contributed by atoms with E-state index in [1.165, 1.54) is 0 Å². The molecule has 0 aromatic heterocycles. The average molecular weight is 266 g/mol. The second-order valence-electron chi connectivity index (χ2n) is 4.68. The SMILES string of the molecule is CC(C)CN(C1=C(Cl)C(=O)OC1)c1ccccc1. The van der Waals surface area contributed by atoms with E-state index in [0.29, 0.717) is 5.92 Å². The third-order valence-electron chi connectivity index (χ3n) is 2.71. The Balaban J connectivity index is 2.35. The van der Waals surface area contributed by atoms with Crippen molar-refractivity contribution in [2.45, 2.75) is 13.8 Å². The van der Waals surface area contributed by atoms with Crippen molar-refractivity contribution in [2.75, 3.05) is 18.1 Å². The topological polar surface area (TPSA) is 29.5 Å². The van der Waals surface area contributed by atoms with Gasteiger partial charge in [0, 0.05) is 12.2 Å². The molecule has 0 saturated carbocycles. The molecule has 0 aliphatic carbocycles. The lowest BCUT2D eigenvalue weighted by Crippen LogP contribution is -2.28.